The molecule has 0 saturated carbocycles. The fourth-order valence-corrected chi connectivity index (χ4v) is 1.25. The molecule has 1 unspecified atom stereocenters. The average molecular weight is 199 g/mol. The van der Waals surface area contributed by atoms with Crippen LogP contribution in [0.5, 0.6) is 0 Å². The lowest BCUT2D eigenvalue weighted by Crippen LogP contribution is -2.18. The van der Waals surface area contributed by atoms with Crippen LogP contribution in [-0.2, 0) is 0 Å². The summed E-state index contributed by atoms with van der Waals surface area (Å²) in [7, 11) is 0. The first-order valence-electron chi connectivity index (χ1n) is 4.66. The zero-order chi connectivity index (χ0) is 10.7. The van der Waals surface area contributed by atoms with Gasteiger partial charge in [-0.25, -0.2) is 8.78 Å². The molecule has 0 aromatic heterocycles. The lowest BCUT2D eigenvalue weighted by Gasteiger charge is -2.12. The standard InChI is InChI=1S/C11H15F2N/c1-7(2)8-3-5-9(6-4-8)10(14)11(12)13/h3-7,10-11H,14H2,1-2H3. The molecule has 0 spiro atoms. The van der Waals surface area contributed by atoms with Gasteiger partial charge >= 0.3 is 0 Å². The molecule has 0 fully saturated rings. The molecule has 1 rings (SSSR count). The fraction of sp³-hybridized carbons (Fsp3) is 0.455. The minimum absolute atomic E-state index is 0.409. The van der Waals surface area contributed by atoms with Crippen molar-refractivity contribution in [2.75, 3.05) is 0 Å². The molecule has 0 bridgehead atoms. The number of nitrogens with two attached hydrogens (primary N) is 1. The van der Waals surface area contributed by atoms with Crippen LogP contribution in [0.4, 0.5) is 8.78 Å². The number of hydrogen-bond acceptors (Lipinski definition) is 1. The van der Waals surface area contributed by atoms with Crippen molar-refractivity contribution in [3.05, 3.63) is 35.4 Å². The van der Waals surface area contributed by atoms with Gasteiger partial charge in [0.25, 0.3) is 6.43 Å². The van der Waals surface area contributed by atoms with Gasteiger partial charge in [-0.2, -0.15) is 0 Å². The van der Waals surface area contributed by atoms with Crippen LogP contribution in [0.2, 0.25) is 0 Å². The van der Waals surface area contributed by atoms with E-state index in [2.05, 4.69) is 13.8 Å². The van der Waals surface area contributed by atoms with Crippen LogP contribution in [0.25, 0.3) is 0 Å². The van der Waals surface area contributed by atoms with Crippen LogP contribution >= 0.6 is 0 Å². The Kier molecular flexibility index (Phi) is 3.58. The van der Waals surface area contributed by atoms with Crippen LogP contribution in [0.1, 0.15) is 36.9 Å². The molecule has 0 heterocycles. The molecule has 1 atom stereocenters. The maximum atomic E-state index is 12.2. The fourth-order valence-electron chi connectivity index (χ4n) is 1.25. The molecule has 1 aromatic rings. The summed E-state index contributed by atoms with van der Waals surface area (Å²) in [5.74, 6) is 0.409. The number of benzene rings is 1. The van der Waals surface area contributed by atoms with Crippen LogP contribution in [0, 0.1) is 0 Å². The van der Waals surface area contributed by atoms with E-state index in [1.54, 1.807) is 12.1 Å². The molecule has 14 heavy (non-hydrogen) atoms. The second-order valence-electron chi connectivity index (χ2n) is 3.68. The van der Waals surface area contributed by atoms with Crippen LogP contribution in [0.3, 0.4) is 0 Å². The predicted molar refractivity (Wildman–Crippen MR) is 53.5 cm³/mol. The number of rotatable bonds is 3. The van der Waals surface area contributed by atoms with Gasteiger partial charge in [0, 0.05) is 0 Å². The number of alkyl halides is 2. The van der Waals surface area contributed by atoms with Gasteiger partial charge in [-0.05, 0) is 17.0 Å². The highest BCUT2D eigenvalue weighted by Gasteiger charge is 2.16. The summed E-state index contributed by atoms with van der Waals surface area (Å²) >= 11 is 0. The molecule has 1 nitrogen and oxygen atoms in total. The Hall–Kier alpha value is -0.960. The number of hydrogen-bond donors (Lipinski definition) is 1. The molecule has 2 N–H and O–H groups in total. The minimum Gasteiger partial charge on any atom is -0.319 e. The first-order chi connectivity index (χ1) is 6.52. The van der Waals surface area contributed by atoms with Gasteiger partial charge in [0.05, 0.1) is 6.04 Å². The van der Waals surface area contributed by atoms with Crippen molar-refractivity contribution in [2.45, 2.75) is 32.2 Å². The van der Waals surface area contributed by atoms with Crippen molar-refractivity contribution in [3.63, 3.8) is 0 Å². The second-order valence-corrected chi connectivity index (χ2v) is 3.68. The first-order valence-corrected chi connectivity index (χ1v) is 4.66. The highest BCUT2D eigenvalue weighted by Crippen LogP contribution is 2.21. The Labute approximate surface area is 82.9 Å². The zero-order valence-corrected chi connectivity index (χ0v) is 8.37. The summed E-state index contributed by atoms with van der Waals surface area (Å²) in [6, 6.07) is 5.87. The van der Waals surface area contributed by atoms with E-state index in [1.165, 1.54) is 0 Å². The molecule has 0 aliphatic heterocycles. The Morgan fingerprint density at radius 1 is 1.00 bits per heavy atom. The molecule has 0 aliphatic rings. The third kappa shape index (κ3) is 2.51. The highest BCUT2D eigenvalue weighted by atomic mass is 19.3. The summed E-state index contributed by atoms with van der Waals surface area (Å²) in [6.07, 6.45) is -2.50. The van der Waals surface area contributed by atoms with Gasteiger partial charge in [-0.3, -0.25) is 0 Å². The lowest BCUT2D eigenvalue weighted by molar-refractivity contribution is 0.116. The third-order valence-corrected chi connectivity index (χ3v) is 2.26. The Morgan fingerprint density at radius 2 is 1.43 bits per heavy atom. The molecule has 0 amide bonds. The summed E-state index contributed by atoms with van der Waals surface area (Å²) < 4.78 is 24.5. The molecule has 78 valence electrons. The predicted octanol–water partition coefficient (Wildman–Crippen LogP) is 3.07. The van der Waals surface area contributed by atoms with Gasteiger partial charge < -0.3 is 5.73 Å². The molecule has 0 saturated heterocycles. The van der Waals surface area contributed by atoms with Crippen molar-refractivity contribution >= 4 is 0 Å². The van der Waals surface area contributed by atoms with Gasteiger partial charge in [0.2, 0.25) is 0 Å². The van der Waals surface area contributed by atoms with Crippen LogP contribution in [0.15, 0.2) is 24.3 Å². The Morgan fingerprint density at radius 3 is 1.79 bits per heavy atom. The van der Waals surface area contributed by atoms with Gasteiger partial charge in [0.1, 0.15) is 0 Å². The van der Waals surface area contributed by atoms with Crippen molar-refractivity contribution in [2.24, 2.45) is 5.73 Å². The van der Waals surface area contributed by atoms with Crippen LogP contribution < -0.4 is 5.73 Å². The average Bonchev–Trinajstić information content (AvgIpc) is 2.16. The Bertz CT molecular complexity index is 280. The molecule has 3 heteroatoms. The van der Waals surface area contributed by atoms with E-state index >= 15 is 0 Å². The summed E-state index contributed by atoms with van der Waals surface area (Å²) in [4.78, 5) is 0. The van der Waals surface area contributed by atoms with E-state index in [-0.39, 0.29) is 0 Å². The van der Waals surface area contributed by atoms with Gasteiger partial charge in [-0.15, -0.1) is 0 Å². The first kappa shape index (κ1) is 11.1. The van der Waals surface area contributed by atoms with Crippen molar-refractivity contribution in [1.82, 2.24) is 0 Å². The summed E-state index contributed by atoms with van der Waals surface area (Å²) in [5.41, 5.74) is 6.94. The van der Waals surface area contributed by atoms with Crippen molar-refractivity contribution in [3.8, 4) is 0 Å². The maximum Gasteiger partial charge on any atom is 0.257 e. The smallest absolute Gasteiger partial charge is 0.257 e. The normalized spacial score (nSPS) is 13.6. The van der Waals surface area contributed by atoms with E-state index < -0.39 is 12.5 Å². The van der Waals surface area contributed by atoms with E-state index in [0.717, 1.165) is 5.56 Å². The number of halogens is 2. The lowest BCUT2D eigenvalue weighted by atomic mass is 9.99. The van der Waals surface area contributed by atoms with E-state index in [1.807, 2.05) is 12.1 Å². The van der Waals surface area contributed by atoms with E-state index in [0.29, 0.717) is 11.5 Å². The highest BCUT2D eigenvalue weighted by molar-refractivity contribution is 5.26. The van der Waals surface area contributed by atoms with Gasteiger partial charge in [-0.1, -0.05) is 38.1 Å². The van der Waals surface area contributed by atoms with Crippen molar-refractivity contribution in [1.29, 1.82) is 0 Å². The SMILES string of the molecule is CC(C)c1ccc(C(N)C(F)F)cc1. The summed E-state index contributed by atoms with van der Waals surface area (Å²) in [5, 5.41) is 0. The zero-order valence-electron chi connectivity index (χ0n) is 8.37. The maximum absolute atomic E-state index is 12.2. The van der Waals surface area contributed by atoms with E-state index in [9.17, 15) is 8.78 Å². The van der Waals surface area contributed by atoms with Crippen molar-refractivity contribution < 1.29 is 8.78 Å². The molecule has 0 aliphatic carbocycles. The molecular weight excluding hydrogens is 184 g/mol. The van der Waals surface area contributed by atoms with E-state index in [4.69, 9.17) is 5.73 Å². The largest absolute Gasteiger partial charge is 0.319 e. The van der Waals surface area contributed by atoms with Gasteiger partial charge in [0.15, 0.2) is 0 Å². The third-order valence-electron chi connectivity index (χ3n) is 2.26. The topological polar surface area (TPSA) is 26.0 Å². The Balaban J connectivity index is 2.83. The second kappa shape index (κ2) is 4.51. The molecule has 0 radical (unpaired) electrons. The monoisotopic (exact) mass is 199 g/mol. The quantitative estimate of drug-likeness (QED) is 0.795. The molecule has 1 aromatic carbocycles. The van der Waals surface area contributed by atoms with Crippen LogP contribution in [-0.4, -0.2) is 6.43 Å². The molecular formula is C11H15F2N. The minimum atomic E-state index is -2.50. The summed E-state index contributed by atoms with van der Waals surface area (Å²) in [6.45, 7) is 4.12.